The number of hydrogen-bond donors (Lipinski definition) is 1. The van der Waals surface area contributed by atoms with Crippen LogP contribution >= 0.6 is 11.8 Å². The van der Waals surface area contributed by atoms with E-state index in [0.717, 1.165) is 18.6 Å². The van der Waals surface area contributed by atoms with Crippen LogP contribution in [0.25, 0.3) is 0 Å². The molecule has 0 bridgehead atoms. The van der Waals surface area contributed by atoms with Gasteiger partial charge in [0.1, 0.15) is 0 Å². The third-order valence-electron chi connectivity index (χ3n) is 2.34. The van der Waals surface area contributed by atoms with Crippen molar-refractivity contribution in [2.24, 2.45) is 5.92 Å². The molecule has 2 atom stereocenters. The number of nitrogens with one attached hydrogen (secondary N) is 1. The van der Waals surface area contributed by atoms with Gasteiger partial charge in [-0.1, -0.05) is 13.8 Å². The van der Waals surface area contributed by atoms with Gasteiger partial charge in [0.15, 0.2) is 0 Å². The zero-order valence-corrected chi connectivity index (χ0v) is 8.62. The van der Waals surface area contributed by atoms with Gasteiger partial charge in [-0.3, -0.25) is 4.79 Å². The average molecular weight is 187 g/mol. The predicted octanol–water partition coefficient (Wildman–Crippen LogP) is 1.65. The molecule has 1 amide bonds. The standard InChI is InChI=1S/C9H17NOS/c1-3-7(2)9(11)10-8-4-5-12-6-8/h7-8H,3-6H2,1-2H3,(H,10,11). The van der Waals surface area contributed by atoms with E-state index in [-0.39, 0.29) is 11.8 Å². The average Bonchev–Trinajstić information content (AvgIpc) is 2.55. The summed E-state index contributed by atoms with van der Waals surface area (Å²) < 4.78 is 0. The normalized spacial score (nSPS) is 25.3. The summed E-state index contributed by atoms with van der Waals surface area (Å²) in [5.41, 5.74) is 0. The van der Waals surface area contributed by atoms with E-state index in [2.05, 4.69) is 5.32 Å². The van der Waals surface area contributed by atoms with E-state index < -0.39 is 0 Å². The third-order valence-corrected chi connectivity index (χ3v) is 3.50. The minimum Gasteiger partial charge on any atom is -0.352 e. The lowest BCUT2D eigenvalue weighted by atomic mass is 10.1. The second-order valence-corrected chi connectivity index (χ2v) is 4.53. The van der Waals surface area contributed by atoms with Gasteiger partial charge in [-0.25, -0.2) is 0 Å². The molecular weight excluding hydrogens is 170 g/mol. The summed E-state index contributed by atoms with van der Waals surface area (Å²) in [7, 11) is 0. The second kappa shape index (κ2) is 4.75. The topological polar surface area (TPSA) is 29.1 Å². The first kappa shape index (κ1) is 9.90. The Morgan fingerprint density at radius 3 is 3.00 bits per heavy atom. The molecule has 1 aliphatic rings. The van der Waals surface area contributed by atoms with Crippen LogP contribution in [0.1, 0.15) is 26.7 Å². The van der Waals surface area contributed by atoms with Crippen molar-refractivity contribution >= 4 is 17.7 Å². The van der Waals surface area contributed by atoms with Crippen LogP contribution in [-0.2, 0) is 4.79 Å². The van der Waals surface area contributed by atoms with E-state index in [9.17, 15) is 4.79 Å². The molecule has 1 saturated heterocycles. The first-order valence-corrected chi connectivity index (χ1v) is 5.77. The van der Waals surface area contributed by atoms with E-state index in [1.807, 2.05) is 25.6 Å². The summed E-state index contributed by atoms with van der Waals surface area (Å²) >= 11 is 1.93. The molecule has 1 rings (SSSR count). The van der Waals surface area contributed by atoms with Crippen molar-refractivity contribution in [3.05, 3.63) is 0 Å². The molecule has 1 heterocycles. The van der Waals surface area contributed by atoms with Gasteiger partial charge >= 0.3 is 0 Å². The van der Waals surface area contributed by atoms with Crippen molar-refractivity contribution in [3.63, 3.8) is 0 Å². The molecule has 1 N–H and O–H groups in total. The van der Waals surface area contributed by atoms with Crippen LogP contribution in [0, 0.1) is 5.92 Å². The molecule has 2 nitrogen and oxygen atoms in total. The zero-order valence-electron chi connectivity index (χ0n) is 7.80. The smallest absolute Gasteiger partial charge is 0.223 e. The summed E-state index contributed by atoms with van der Waals surface area (Å²) in [5.74, 6) is 2.70. The summed E-state index contributed by atoms with van der Waals surface area (Å²) in [6.07, 6.45) is 2.08. The highest BCUT2D eigenvalue weighted by atomic mass is 32.2. The SMILES string of the molecule is CCC(C)C(=O)NC1CCSC1. The molecule has 0 aromatic heterocycles. The van der Waals surface area contributed by atoms with Crippen molar-refractivity contribution in [1.82, 2.24) is 5.32 Å². The molecule has 0 aliphatic carbocycles. The molecule has 12 heavy (non-hydrogen) atoms. The van der Waals surface area contributed by atoms with E-state index in [1.165, 1.54) is 5.75 Å². The number of amides is 1. The van der Waals surface area contributed by atoms with Crippen LogP contribution in [0.4, 0.5) is 0 Å². The minimum atomic E-state index is 0.176. The largest absolute Gasteiger partial charge is 0.352 e. The van der Waals surface area contributed by atoms with E-state index in [4.69, 9.17) is 0 Å². The molecule has 0 radical (unpaired) electrons. The molecule has 2 unspecified atom stereocenters. The summed E-state index contributed by atoms with van der Waals surface area (Å²) in [4.78, 5) is 11.4. The van der Waals surface area contributed by atoms with Crippen molar-refractivity contribution < 1.29 is 4.79 Å². The highest BCUT2D eigenvalue weighted by molar-refractivity contribution is 7.99. The van der Waals surface area contributed by atoms with Crippen LogP contribution in [0.5, 0.6) is 0 Å². The fraction of sp³-hybridized carbons (Fsp3) is 0.889. The number of carbonyl (C=O) groups is 1. The molecule has 0 saturated carbocycles. The number of thioether (sulfide) groups is 1. The third kappa shape index (κ3) is 2.70. The fourth-order valence-corrected chi connectivity index (χ4v) is 2.33. The second-order valence-electron chi connectivity index (χ2n) is 3.38. The van der Waals surface area contributed by atoms with E-state index in [0.29, 0.717) is 6.04 Å². The molecule has 1 aliphatic heterocycles. The molecular formula is C9H17NOS. The van der Waals surface area contributed by atoms with Crippen LogP contribution in [0.3, 0.4) is 0 Å². The maximum Gasteiger partial charge on any atom is 0.223 e. The van der Waals surface area contributed by atoms with Gasteiger partial charge in [-0.05, 0) is 18.6 Å². The number of rotatable bonds is 3. The molecule has 1 fully saturated rings. The van der Waals surface area contributed by atoms with Crippen molar-refractivity contribution in [3.8, 4) is 0 Å². The van der Waals surface area contributed by atoms with Crippen molar-refractivity contribution in [1.29, 1.82) is 0 Å². The van der Waals surface area contributed by atoms with Crippen LogP contribution in [0.2, 0.25) is 0 Å². The molecule has 3 heteroatoms. The van der Waals surface area contributed by atoms with Crippen LogP contribution in [0.15, 0.2) is 0 Å². The number of carbonyl (C=O) groups excluding carboxylic acids is 1. The Morgan fingerprint density at radius 2 is 2.50 bits per heavy atom. The Bertz CT molecular complexity index is 155. The quantitative estimate of drug-likeness (QED) is 0.728. The molecule has 0 aromatic rings. The number of hydrogen-bond acceptors (Lipinski definition) is 2. The molecule has 70 valence electrons. The Hall–Kier alpha value is -0.180. The van der Waals surface area contributed by atoms with Gasteiger partial charge in [-0.2, -0.15) is 11.8 Å². The highest BCUT2D eigenvalue weighted by Crippen LogP contribution is 2.17. The van der Waals surface area contributed by atoms with Gasteiger partial charge < -0.3 is 5.32 Å². The Kier molecular flexibility index (Phi) is 3.92. The highest BCUT2D eigenvalue weighted by Gasteiger charge is 2.19. The Labute approximate surface area is 78.5 Å². The summed E-state index contributed by atoms with van der Waals surface area (Å²) in [6.45, 7) is 4.03. The van der Waals surface area contributed by atoms with Gasteiger partial charge in [0.25, 0.3) is 0 Å². The lowest BCUT2D eigenvalue weighted by Crippen LogP contribution is -2.37. The zero-order chi connectivity index (χ0) is 8.97. The Morgan fingerprint density at radius 1 is 1.75 bits per heavy atom. The molecule has 0 spiro atoms. The lowest BCUT2D eigenvalue weighted by Gasteiger charge is -2.14. The predicted molar refractivity (Wildman–Crippen MR) is 53.3 cm³/mol. The summed E-state index contributed by atoms with van der Waals surface area (Å²) in [5, 5.41) is 3.07. The maximum absolute atomic E-state index is 11.4. The van der Waals surface area contributed by atoms with Gasteiger partial charge in [0.05, 0.1) is 0 Å². The first-order valence-electron chi connectivity index (χ1n) is 4.62. The monoisotopic (exact) mass is 187 g/mol. The Balaban J connectivity index is 2.25. The van der Waals surface area contributed by atoms with Gasteiger partial charge in [0.2, 0.25) is 5.91 Å². The van der Waals surface area contributed by atoms with Crippen LogP contribution < -0.4 is 5.32 Å². The minimum absolute atomic E-state index is 0.176. The fourth-order valence-electron chi connectivity index (χ4n) is 1.18. The van der Waals surface area contributed by atoms with Gasteiger partial charge in [-0.15, -0.1) is 0 Å². The van der Waals surface area contributed by atoms with Crippen molar-refractivity contribution in [2.75, 3.05) is 11.5 Å². The van der Waals surface area contributed by atoms with Gasteiger partial charge in [0, 0.05) is 17.7 Å². The molecule has 0 aromatic carbocycles. The van der Waals surface area contributed by atoms with Crippen molar-refractivity contribution in [2.45, 2.75) is 32.7 Å². The first-order chi connectivity index (χ1) is 5.74. The van der Waals surface area contributed by atoms with Crippen LogP contribution in [-0.4, -0.2) is 23.5 Å². The van der Waals surface area contributed by atoms with E-state index >= 15 is 0 Å². The lowest BCUT2D eigenvalue weighted by molar-refractivity contribution is -0.125. The summed E-state index contributed by atoms with van der Waals surface area (Å²) in [6, 6.07) is 0.441. The maximum atomic E-state index is 11.4. The van der Waals surface area contributed by atoms with E-state index in [1.54, 1.807) is 0 Å².